The van der Waals surface area contributed by atoms with E-state index < -0.39 is 5.60 Å². The molecule has 1 heterocycles. The quantitative estimate of drug-likeness (QED) is 0.686. The number of nitrogens with one attached hydrogen (secondary N) is 1. The van der Waals surface area contributed by atoms with E-state index in [1.807, 2.05) is 0 Å². The van der Waals surface area contributed by atoms with E-state index >= 15 is 0 Å². The van der Waals surface area contributed by atoms with Crippen molar-refractivity contribution in [2.24, 2.45) is 17.8 Å². The largest absolute Gasteiger partial charge is 0.381 e. The molecule has 0 aromatic heterocycles. The Morgan fingerprint density at radius 2 is 2.00 bits per heavy atom. The van der Waals surface area contributed by atoms with Crippen LogP contribution >= 0.6 is 0 Å². The van der Waals surface area contributed by atoms with Gasteiger partial charge in [0.1, 0.15) is 5.60 Å². The van der Waals surface area contributed by atoms with Gasteiger partial charge in [-0.05, 0) is 25.7 Å². The van der Waals surface area contributed by atoms with Crippen LogP contribution in [-0.2, 0) is 9.53 Å². The molecule has 2 aliphatic carbocycles. The number of fused-ring (bicyclic) bond motifs is 1. The molecule has 2 saturated carbocycles. The van der Waals surface area contributed by atoms with Gasteiger partial charge in [0.15, 0.2) is 0 Å². The van der Waals surface area contributed by atoms with E-state index in [0.717, 1.165) is 26.1 Å². The van der Waals surface area contributed by atoms with Crippen molar-refractivity contribution in [1.82, 2.24) is 5.32 Å². The highest BCUT2D eigenvalue weighted by atomic mass is 16.5. The molecule has 0 bridgehead atoms. The second-order valence-electron chi connectivity index (χ2n) is 5.29. The van der Waals surface area contributed by atoms with Crippen molar-refractivity contribution in [3.63, 3.8) is 0 Å². The number of ether oxygens (including phenoxy) is 1. The number of carbonyl (C=O) groups is 1. The van der Waals surface area contributed by atoms with E-state index in [1.54, 1.807) is 6.92 Å². The Kier molecular flexibility index (Phi) is 1.89. The van der Waals surface area contributed by atoms with Gasteiger partial charge in [0.2, 0.25) is 0 Å². The average Bonchev–Trinajstić information content (AvgIpc) is 3.08. The predicted octanol–water partition coefficient (Wildman–Crippen LogP) is -0.0916. The lowest BCUT2D eigenvalue weighted by molar-refractivity contribution is -0.140. The molecule has 4 atom stereocenters. The fraction of sp³-hybridized carbons (Fsp3) is 0.909. The Morgan fingerprint density at radius 1 is 1.40 bits per heavy atom. The van der Waals surface area contributed by atoms with Crippen LogP contribution in [0.15, 0.2) is 0 Å². The minimum atomic E-state index is -1.16. The SMILES string of the molecule is CC(O)(C(=O)NC1[C@H]2COC[C@@H]12)C1CC1. The highest BCUT2D eigenvalue weighted by molar-refractivity contribution is 5.85. The standard InChI is InChI=1S/C11H17NO3/c1-11(14,6-2-3-6)10(13)12-9-7-4-15-5-8(7)9/h6-9,14H,2-5H2,1H3,(H,12,13)/t7-,8+,9?,11?. The number of hydrogen-bond acceptors (Lipinski definition) is 3. The molecule has 4 nitrogen and oxygen atoms in total. The highest BCUT2D eigenvalue weighted by Gasteiger charge is 2.56. The molecule has 2 N–H and O–H groups in total. The molecule has 0 spiro atoms. The van der Waals surface area contributed by atoms with Crippen LogP contribution in [0.25, 0.3) is 0 Å². The molecule has 15 heavy (non-hydrogen) atoms. The van der Waals surface area contributed by atoms with Crippen LogP contribution in [0.2, 0.25) is 0 Å². The molecule has 2 unspecified atom stereocenters. The van der Waals surface area contributed by atoms with Crippen molar-refractivity contribution in [3.05, 3.63) is 0 Å². The zero-order chi connectivity index (χ0) is 10.6. The summed E-state index contributed by atoms with van der Waals surface area (Å²) in [6, 6.07) is 0.261. The fourth-order valence-corrected chi connectivity index (χ4v) is 2.58. The lowest BCUT2D eigenvalue weighted by atomic mass is 9.99. The average molecular weight is 211 g/mol. The van der Waals surface area contributed by atoms with E-state index in [0.29, 0.717) is 11.8 Å². The normalized spacial score (nSPS) is 41.9. The Morgan fingerprint density at radius 3 is 2.53 bits per heavy atom. The summed E-state index contributed by atoms with van der Waals surface area (Å²) in [5.74, 6) is 0.990. The lowest BCUT2D eigenvalue weighted by Crippen LogP contribution is -2.48. The monoisotopic (exact) mass is 211 g/mol. The summed E-state index contributed by atoms with van der Waals surface area (Å²) in [4.78, 5) is 11.8. The van der Waals surface area contributed by atoms with E-state index in [2.05, 4.69) is 5.32 Å². The second-order valence-corrected chi connectivity index (χ2v) is 5.29. The number of rotatable bonds is 3. The zero-order valence-corrected chi connectivity index (χ0v) is 8.90. The molecular formula is C11H17NO3. The van der Waals surface area contributed by atoms with Gasteiger partial charge in [-0.1, -0.05) is 0 Å². The molecule has 3 rings (SSSR count). The predicted molar refractivity (Wildman–Crippen MR) is 53.1 cm³/mol. The highest BCUT2D eigenvalue weighted by Crippen LogP contribution is 2.45. The Labute approximate surface area is 89.0 Å². The molecule has 1 amide bonds. The summed E-state index contributed by atoms with van der Waals surface area (Å²) >= 11 is 0. The first kappa shape index (κ1) is 9.60. The van der Waals surface area contributed by atoms with Crippen molar-refractivity contribution >= 4 is 5.91 Å². The van der Waals surface area contributed by atoms with Crippen LogP contribution < -0.4 is 5.32 Å². The molecule has 1 saturated heterocycles. The maximum absolute atomic E-state index is 11.8. The summed E-state index contributed by atoms with van der Waals surface area (Å²) in [7, 11) is 0. The van der Waals surface area contributed by atoms with E-state index in [-0.39, 0.29) is 17.9 Å². The van der Waals surface area contributed by atoms with E-state index in [4.69, 9.17) is 4.74 Å². The summed E-state index contributed by atoms with van der Waals surface area (Å²) < 4.78 is 5.25. The molecule has 1 aliphatic heterocycles. The number of hydrogen-bond donors (Lipinski definition) is 2. The third-order valence-electron chi connectivity index (χ3n) is 4.08. The van der Waals surface area contributed by atoms with Gasteiger partial charge in [-0.3, -0.25) is 4.79 Å². The minimum Gasteiger partial charge on any atom is -0.381 e. The van der Waals surface area contributed by atoms with Crippen LogP contribution in [0.4, 0.5) is 0 Å². The van der Waals surface area contributed by atoms with Crippen molar-refractivity contribution < 1.29 is 14.6 Å². The minimum absolute atomic E-state index is 0.173. The third kappa shape index (κ3) is 1.47. The lowest BCUT2D eigenvalue weighted by Gasteiger charge is -2.22. The van der Waals surface area contributed by atoms with E-state index in [9.17, 15) is 9.90 Å². The van der Waals surface area contributed by atoms with Crippen LogP contribution in [0.5, 0.6) is 0 Å². The first-order valence-corrected chi connectivity index (χ1v) is 5.72. The number of aliphatic hydroxyl groups is 1. The van der Waals surface area contributed by atoms with Gasteiger partial charge in [-0.2, -0.15) is 0 Å². The van der Waals surface area contributed by atoms with Crippen LogP contribution in [0.1, 0.15) is 19.8 Å². The number of amides is 1. The van der Waals surface area contributed by atoms with Gasteiger partial charge in [0, 0.05) is 17.9 Å². The van der Waals surface area contributed by atoms with Crippen molar-refractivity contribution in [1.29, 1.82) is 0 Å². The van der Waals surface area contributed by atoms with Crippen LogP contribution in [0, 0.1) is 17.8 Å². The van der Waals surface area contributed by atoms with Crippen LogP contribution in [0.3, 0.4) is 0 Å². The smallest absolute Gasteiger partial charge is 0.252 e. The molecule has 84 valence electrons. The molecule has 0 radical (unpaired) electrons. The molecule has 3 fully saturated rings. The molecule has 4 heteroatoms. The topological polar surface area (TPSA) is 58.6 Å². The third-order valence-corrected chi connectivity index (χ3v) is 4.08. The van der Waals surface area contributed by atoms with Gasteiger partial charge in [0.25, 0.3) is 5.91 Å². The Balaban J connectivity index is 1.57. The summed E-state index contributed by atoms with van der Waals surface area (Å²) in [5.41, 5.74) is -1.16. The Bertz CT molecular complexity index is 288. The molecular weight excluding hydrogens is 194 g/mol. The molecule has 3 aliphatic rings. The summed E-state index contributed by atoms with van der Waals surface area (Å²) in [5, 5.41) is 13.0. The second kappa shape index (κ2) is 2.95. The maximum atomic E-state index is 11.8. The van der Waals surface area contributed by atoms with E-state index in [1.165, 1.54) is 0 Å². The number of carbonyl (C=O) groups excluding carboxylic acids is 1. The van der Waals surface area contributed by atoms with Gasteiger partial charge >= 0.3 is 0 Å². The first-order valence-electron chi connectivity index (χ1n) is 5.72. The maximum Gasteiger partial charge on any atom is 0.252 e. The van der Waals surface area contributed by atoms with Gasteiger partial charge in [-0.15, -0.1) is 0 Å². The zero-order valence-electron chi connectivity index (χ0n) is 8.90. The molecule has 0 aromatic carbocycles. The summed E-state index contributed by atoms with van der Waals surface area (Å²) in [6.45, 7) is 3.16. The first-order chi connectivity index (χ1) is 7.10. The Hall–Kier alpha value is -0.610. The fourth-order valence-electron chi connectivity index (χ4n) is 2.58. The van der Waals surface area contributed by atoms with Gasteiger partial charge in [0.05, 0.1) is 13.2 Å². The van der Waals surface area contributed by atoms with Crippen LogP contribution in [-0.4, -0.2) is 35.9 Å². The summed E-state index contributed by atoms with van der Waals surface area (Å²) in [6.07, 6.45) is 1.95. The van der Waals surface area contributed by atoms with Crippen molar-refractivity contribution in [3.8, 4) is 0 Å². The van der Waals surface area contributed by atoms with Crippen molar-refractivity contribution in [2.75, 3.05) is 13.2 Å². The molecule has 0 aromatic rings. The van der Waals surface area contributed by atoms with Gasteiger partial charge < -0.3 is 15.2 Å². The van der Waals surface area contributed by atoms with Gasteiger partial charge in [-0.25, -0.2) is 0 Å². The van der Waals surface area contributed by atoms with Crippen molar-refractivity contribution in [2.45, 2.75) is 31.4 Å².